The van der Waals surface area contributed by atoms with Crippen LogP contribution in [-0.2, 0) is 26.2 Å². The molecule has 0 bridgehead atoms. The molecule has 138 valence electrons. The molecule has 1 aliphatic heterocycles. The van der Waals surface area contributed by atoms with Gasteiger partial charge in [-0.15, -0.1) is 0 Å². The lowest BCUT2D eigenvalue weighted by atomic mass is 10.0. The summed E-state index contributed by atoms with van der Waals surface area (Å²) in [6, 6.07) is 19.4. The molecule has 5 rings (SSSR count). The molecular formula is C22H25N4S+. The number of hydrogen-bond donors (Lipinski definition) is 1. The van der Waals surface area contributed by atoms with Gasteiger partial charge in [0.1, 0.15) is 12.4 Å². The number of nitrogens with one attached hydrogen (secondary N) is 1. The van der Waals surface area contributed by atoms with E-state index in [1.165, 1.54) is 40.3 Å². The summed E-state index contributed by atoms with van der Waals surface area (Å²) in [4.78, 5) is 1.54. The third kappa shape index (κ3) is 3.49. The molecule has 1 aromatic heterocycles. The molecule has 0 spiro atoms. The summed E-state index contributed by atoms with van der Waals surface area (Å²) in [5, 5.41) is 4.97. The van der Waals surface area contributed by atoms with Crippen molar-refractivity contribution >= 4 is 12.2 Å². The number of aromatic nitrogens is 3. The molecule has 2 aromatic carbocycles. The first kappa shape index (κ1) is 16.9. The summed E-state index contributed by atoms with van der Waals surface area (Å²) >= 11 is 5.86. The van der Waals surface area contributed by atoms with E-state index in [9.17, 15) is 0 Å². The third-order valence-corrected chi connectivity index (χ3v) is 6.19. The molecule has 1 aliphatic carbocycles. The van der Waals surface area contributed by atoms with E-state index in [2.05, 4.69) is 63.8 Å². The van der Waals surface area contributed by atoms with Crippen molar-refractivity contribution in [1.29, 1.82) is 0 Å². The van der Waals surface area contributed by atoms with Crippen LogP contribution in [0.15, 0.2) is 54.6 Å². The number of hydrogen-bond acceptors (Lipinski definition) is 2. The molecule has 5 heteroatoms. The Morgan fingerprint density at radius 1 is 1.00 bits per heavy atom. The summed E-state index contributed by atoms with van der Waals surface area (Å²) in [6.45, 7) is 3.88. The lowest BCUT2D eigenvalue weighted by Gasteiger charge is -2.25. The van der Waals surface area contributed by atoms with Crippen molar-refractivity contribution < 1.29 is 4.90 Å². The van der Waals surface area contributed by atoms with Crippen molar-refractivity contribution in [1.82, 2.24) is 14.3 Å². The van der Waals surface area contributed by atoms with Crippen LogP contribution in [0.4, 0.5) is 0 Å². The normalized spacial score (nSPS) is 19.0. The average molecular weight is 378 g/mol. The summed E-state index contributed by atoms with van der Waals surface area (Å²) in [7, 11) is 0. The van der Waals surface area contributed by atoms with Gasteiger partial charge in [-0.05, 0) is 36.2 Å². The Balaban J connectivity index is 1.40. The molecule has 1 fully saturated rings. The minimum absolute atomic E-state index is 0.591. The summed E-state index contributed by atoms with van der Waals surface area (Å²) in [5.74, 6) is 1.77. The minimum atomic E-state index is 0.591. The molecule has 1 saturated carbocycles. The maximum Gasteiger partial charge on any atom is 0.203 e. The van der Waals surface area contributed by atoms with Crippen molar-refractivity contribution in [2.24, 2.45) is 0 Å². The standard InChI is InChI=1S/C22H24N4S/c27-22-25(14-17-6-2-1-3-7-17)21(19-10-11-19)23-26(22)16-24-13-12-18-8-4-5-9-20(18)15-24/h1-9,19H,10-16H2/p+1. The van der Waals surface area contributed by atoms with Gasteiger partial charge in [-0.25, -0.2) is 0 Å². The molecule has 1 atom stereocenters. The Bertz CT molecular complexity index is 1000. The molecule has 1 unspecified atom stereocenters. The van der Waals surface area contributed by atoms with Crippen LogP contribution < -0.4 is 4.90 Å². The molecule has 0 radical (unpaired) electrons. The fourth-order valence-electron chi connectivity index (χ4n) is 4.11. The number of fused-ring (bicyclic) bond motifs is 1. The van der Waals surface area contributed by atoms with E-state index in [1.54, 1.807) is 0 Å². The lowest BCUT2D eigenvalue weighted by molar-refractivity contribution is -0.939. The molecule has 3 aromatic rings. The lowest BCUT2D eigenvalue weighted by Crippen LogP contribution is -3.11. The van der Waals surface area contributed by atoms with Crippen LogP contribution in [0.25, 0.3) is 0 Å². The summed E-state index contributed by atoms with van der Waals surface area (Å²) in [6.07, 6.45) is 3.62. The molecule has 2 heterocycles. The first-order valence-electron chi connectivity index (χ1n) is 9.90. The van der Waals surface area contributed by atoms with Gasteiger partial charge in [-0.3, -0.25) is 4.57 Å². The molecule has 2 aliphatic rings. The smallest absolute Gasteiger partial charge is 0.203 e. The van der Waals surface area contributed by atoms with E-state index < -0.39 is 0 Å². The number of nitrogens with zero attached hydrogens (tertiary/aromatic N) is 3. The van der Waals surface area contributed by atoms with Crippen LogP contribution in [-0.4, -0.2) is 20.9 Å². The number of quaternary nitrogens is 1. The van der Waals surface area contributed by atoms with E-state index >= 15 is 0 Å². The van der Waals surface area contributed by atoms with E-state index in [4.69, 9.17) is 17.3 Å². The average Bonchev–Trinajstić information content (AvgIpc) is 3.51. The second-order valence-corrected chi connectivity index (χ2v) is 8.21. The van der Waals surface area contributed by atoms with Gasteiger partial charge in [0.25, 0.3) is 0 Å². The Hall–Kier alpha value is -2.24. The molecule has 4 nitrogen and oxygen atoms in total. The maximum atomic E-state index is 5.86. The van der Waals surface area contributed by atoms with Gasteiger partial charge in [-0.2, -0.15) is 9.78 Å². The quantitative estimate of drug-likeness (QED) is 0.692. The van der Waals surface area contributed by atoms with Crippen LogP contribution in [0, 0.1) is 4.77 Å². The van der Waals surface area contributed by atoms with Crippen molar-refractivity contribution in [3.8, 4) is 0 Å². The van der Waals surface area contributed by atoms with E-state index in [0.29, 0.717) is 5.92 Å². The van der Waals surface area contributed by atoms with Gasteiger partial charge in [0.2, 0.25) is 4.77 Å². The highest BCUT2D eigenvalue weighted by molar-refractivity contribution is 7.71. The molecule has 1 N–H and O–H groups in total. The predicted octanol–water partition coefficient (Wildman–Crippen LogP) is 2.94. The Kier molecular flexibility index (Phi) is 4.42. The highest BCUT2D eigenvalue weighted by atomic mass is 32.1. The van der Waals surface area contributed by atoms with Gasteiger partial charge in [0, 0.05) is 17.9 Å². The van der Waals surface area contributed by atoms with Gasteiger partial charge < -0.3 is 4.90 Å². The Labute approximate surface area is 165 Å². The monoisotopic (exact) mass is 377 g/mol. The van der Waals surface area contributed by atoms with Crippen molar-refractivity contribution in [3.63, 3.8) is 0 Å². The summed E-state index contributed by atoms with van der Waals surface area (Å²) < 4.78 is 5.21. The number of rotatable bonds is 5. The minimum Gasteiger partial charge on any atom is -0.312 e. The van der Waals surface area contributed by atoms with Crippen LogP contribution in [0.3, 0.4) is 0 Å². The van der Waals surface area contributed by atoms with Crippen LogP contribution >= 0.6 is 12.2 Å². The predicted molar refractivity (Wildman–Crippen MR) is 108 cm³/mol. The fourth-order valence-corrected chi connectivity index (χ4v) is 4.37. The van der Waals surface area contributed by atoms with Crippen LogP contribution in [0.2, 0.25) is 0 Å². The second-order valence-electron chi connectivity index (χ2n) is 7.84. The zero-order valence-corrected chi connectivity index (χ0v) is 16.3. The van der Waals surface area contributed by atoms with Gasteiger partial charge >= 0.3 is 0 Å². The third-order valence-electron chi connectivity index (χ3n) is 5.76. The van der Waals surface area contributed by atoms with E-state index in [0.717, 1.165) is 37.5 Å². The maximum absolute atomic E-state index is 5.86. The van der Waals surface area contributed by atoms with Crippen LogP contribution in [0.1, 0.15) is 41.3 Å². The molecule has 27 heavy (non-hydrogen) atoms. The SMILES string of the molecule is S=c1n(C[NH+]2CCc3ccccc3C2)nc(C2CC2)n1Cc1ccccc1. The van der Waals surface area contributed by atoms with E-state index in [-0.39, 0.29) is 0 Å². The zero-order chi connectivity index (χ0) is 18.2. The second kappa shape index (κ2) is 7.06. The van der Waals surface area contributed by atoms with Crippen molar-refractivity contribution in [2.75, 3.05) is 6.54 Å². The van der Waals surface area contributed by atoms with Gasteiger partial charge in [-0.1, -0.05) is 54.6 Å². The highest BCUT2D eigenvalue weighted by Crippen LogP contribution is 2.39. The zero-order valence-electron chi connectivity index (χ0n) is 15.5. The molecule has 0 amide bonds. The molecular weight excluding hydrogens is 352 g/mol. The topological polar surface area (TPSA) is 27.2 Å². The Morgan fingerprint density at radius 3 is 2.52 bits per heavy atom. The molecule has 0 saturated heterocycles. The van der Waals surface area contributed by atoms with Crippen LogP contribution in [0.5, 0.6) is 0 Å². The highest BCUT2D eigenvalue weighted by Gasteiger charge is 2.31. The van der Waals surface area contributed by atoms with Gasteiger partial charge in [0.05, 0.1) is 13.1 Å². The van der Waals surface area contributed by atoms with Gasteiger partial charge in [0.15, 0.2) is 6.67 Å². The first-order chi connectivity index (χ1) is 13.3. The fraction of sp³-hybridized carbons (Fsp3) is 0.364. The largest absolute Gasteiger partial charge is 0.312 e. The van der Waals surface area contributed by atoms with Crippen molar-refractivity contribution in [3.05, 3.63) is 81.9 Å². The van der Waals surface area contributed by atoms with E-state index in [1.807, 2.05) is 0 Å². The Morgan fingerprint density at radius 2 is 1.74 bits per heavy atom. The summed E-state index contributed by atoms with van der Waals surface area (Å²) in [5.41, 5.74) is 4.25. The van der Waals surface area contributed by atoms with Crippen molar-refractivity contribution in [2.45, 2.75) is 44.9 Å². The number of benzene rings is 2. The first-order valence-corrected chi connectivity index (χ1v) is 10.3.